The second-order valence-electron chi connectivity index (χ2n) is 4.46. The SMILES string of the molecule is C=Cc1cccc(-c2ccccc2)c1O[SiH](C)C. The third kappa shape index (κ3) is 2.71. The van der Waals surface area contributed by atoms with E-state index in [4.69, 9.17) is 4.43 Å². The maximum Gasteiger partial charge on any atom is 0.229 e. The zero-order valence-corrected chi connectivity index (χ0v) is 12.0. The van der Waals surface area contributed by atoms with Gasteiger partial charge in [-0.25, -0.2) is 0 Å². The standard InChI is InChI=1S/C16H18OSi/c1-4-13-11-8-12-15(16(13)17-18(2)3)14-9-6-5-7-10-14/h4-12,18H,1H2,2-3H3. The summed E-state index contributed by atoms with van der Waals surface area (Å²) in [5, 5.41) is 0. The highest BCUT2D eigenvalue weighted by Crippen LogP contribution is 2.34. The van der Waals surface area contributed by atoms with E-state index in [9.17, 15) is 0 Å². The lowest BCUT2D eigenvalue weighted by molar-refractivity contribution is 0.581. The van der Waals surface area contributed by atoms with Gasteiger partial charge in [0, 0.05) is 11.1 Å². The molecule has 0 bridgehead atoms. The molecule has 2 rings (SSSR count). The van der Waals surface area contributed by atoms with Crippen molar-refractivity contribution < 1.29 is 4.43 Å². The molecule has 0 unspecified atom stereocenters. The van der Waals surface area contributed by atoms with Crippen molar-refractivity contribution in [1.29, 1.82) is 0 Å². The van der Waals surface area contributed by atoms with Gasteiger partial charge in [-0.3, -0.25) is 0 Å². The first-order valence-electron chi connectivity index (χ1n) is 6.20. The van der Waals surface area contributed by atoms with Gasteiger partial charge in [-0.2, -0.15) is 0 Å². The van der Waals surface area contributed by atoms with Crippen molar-refractivity contribution in [3.8, 4) is 16.9 Å². The van der Waals surface area contributed by atoms with Crippen LogP contribution in [0.3, 0.4) is 0 Å². The average molecular weight is 254 g/mol. The summed E-state index contributed by atoms with van der Waals surface area (Å²) in [7, 11) is -1.14. The maximum atomic E-state index is 6.09. The van der Waals surface area contributed by atoms with Crippen molar-refractivity contribution >= 4 is 15.1 Å². The van der Waals surface area contributed by atoms with Gasteiger partial charge in [0.2, 0.25) is 9.04 Å². The van der Waals surface area contributed by atoms with Gasteiger partial charge in [0.25, 0.3) is 0 Å². The maximum absolute atomic E-state index is 6.09. The first-order chi connectivity index (χ1) is 8.72. The van der Waals surface area contributed by atoms with Crippen LogP contribution in [0.2, 0.25) is 13.1 Å². The second-order valence-corrected chi connectivity index (χ2v) is 6.79. The number of hydrogen-bond acceptors (Lipinski definition) is 1. The molecule has 0 amide bonds. The molecule has 0 saturated carbocycles. The molecule has 0 saturated heterocycles. The Labute approximate surface area is 110 Å². The fourth-order valence-electron chi connectivity index (χ4n) is 1.93. The van der Waals surface area contributed by atoms with Gasteiger partial charge < -0.3 is 4.43 Å². The largest absolute Gasteiger partial charge is 0.546 e. The molecule has 2 heteroatoms. The van der Waals surface area contributed by atoms with E-state index in [0.717, 1.165) is 16.9 Å². The molecule has 0 radical (unpaired) electrons. The first-order valence-corrected chi connectivity index (χ1v) is 8.98. The Kier molecular flexibility index (Phi) is 4.00. The average Bonchev–Trinajstić information content (AvgIpc) is 2.39. The number of benzene rings is 2. The molecular formula is C16H18OSi. The van der Waals surface area contributed by atoms with E-state index in [1.54, 1.807) is 0 Å². The lowest BCUT2D eigenvalue weighted by Crippen LogP contribution is -2.12. The van der Waals surface area contributed by atoms with Crippen LogP contribution in [0.5, 0.6) is 5.75 Å². The third-order valence-electron chi connectivity index (χ3n) is 2.70. The van der Waals surface area contributed by atoms with E-state index >= 15 is 0 Å². The summed E-state index contributed by atoms with van der Waals surface area (Å²) in [6.45, 7) is 8.22. The summed E-state index contributed by atoms with van der Waals surface area (Å²) < 4.78 is 6.09. The van der Waals surface area contributed by atoms with E-state index in [1.165, 1.54) is 5.56 Å². The van der Waals surface area contributed by atoms with E-state index in [2.05, 4.69) is 37.9 Å². The minimum atomic E-state index is -1.14. The molecule has 0 heterocycles. The van der Waals surface area contributed by atoms with Gasteiger partial charge >= 0.3 is 0 Å². The molecule has 2 aromatic carbocycles. The molecule has 1 nitrogen and oxygen atoms in total. The van der Waals surface area contributed by atoms with E-state index < -0.39 is 9.04 Å². The van der Waals surface area contributed by atoms with Gasteiger partial charge in [-0.05, 0) is 18.7 Å². The molecule has 0 aliphatic carbocycles. The van der Waals surface area contributed by atoms with Gasteiger partial charge in [-0.1, -0.05) is 61.2 Å². The minimum absolute atomic E-state index is 0.973. The topological polar surface area (TPSA) is 9.23 Å². The van der Waals surface area contributed by atoms with Crippen molar-refractivity contribution in [2.45, 2.75) is 13.1 Å². The smallest absolute Gasteiger partial charge is 0.229 e. The van der Waals surface area contributed by atoms with Gasteiger partial charge in [0.15, 0.2) is 0 Å². The summed E-state index contributed by atoms with van der Waals surface area (Å²) >= 11 is 0. The van der Waals surface area contributed by atoms with Crippen LogP contribution in [0.25, 0.3) is 17.2 Å². The van der Waals surface area contributed by atoms with Gasteiger partial charge in [0.05, 0.1) is 0 Å². The van der Waals surface area contributed by atoms with Crippen molar-refractivity contribution in [2.75, 3.05) is 0 Å². The fourth-order valence-corrected chi connectivity index (χ4v) is 2.66. The first kappa shape index (κ1) is 12.6. The Hall–Kier alpha value is -1.80. The predicted molar refractivity (Wildman–Crippen MR) is 81.5 cm³/mol. The van der Waals surface area contributed by atoms with Crippen LogP contribution in [0.4, 0.5) is 0 Å². The summed E-state index contributed by atoms with van der Waals surface area (Å²) in [5.41, 5.74) is 3.40. The molecule has 2 aromatic rings. The Morgan fingerprint density at radius 2 is 1.72 bits per heavy atom. The molecule has 0 aliphatic rings. The summed E-state index contributed by atoms with van der Waals surface area (Å²) in [4.78, 5) is 0. The van der Waals surface area contributed by atoms with E-state index in [-0.39, 0.29) is 0 Å². The van der Waals surface area contributed by atoms with E-state index in [1.807, 2.05) is 36.4 Å². The van der Waals surface area contributed by atoms with Crippen LogP contribution in [0.1, 0.15) is 5.56 Å². The third-order valence-corrected chi connectivity index (χ3v) is 3.41. The molecule has 92 valence electrons. The summed E-state index contributed by atoms with van der Waals surface area (Å²) in [6.07, 6.45) is 1.86. The van der Waals surface area contributed by atoms with Crippen molar-refractivity contribution in [2.24, 2.45) is 0 Å². The molecule has 18 heavy (non-hydrogen) atoms. The number of para-hydroxylation sites is 1. The van der Waals surface area contributed by atoms with Crippen LogP contribution in [0.15, 0.2) is 55.1 Å². The Morgan fingerprint density at radius 3 is 2.33 bits per heavy atom. The molecule has 0 aromatic heterocycles. The van der Waals surface area contributed by atoms with Crippen LogP contribution in [-0.2, 0) is 0 Å². The highest BCUT2D eigenvalue weighted by Gasteiger charge is 2.11. The molecular weight excluding hydrogens is 236 g/mol. The fraction of sp³-hybridized carbons (Fsp3) is 0.125. The van der Waals surface area contributed by atoms with Crippen molar-refractivity contribution in [3.05, 3.63) is 60.7 Å². The van der Waals surface area contributed by atoms with Crippen LogP contribution >= 0.6 is 0 Å². The van der Waals surface area contributed by atoms with Crippen molar-refractivity contribution in [3.63, 3.8) is 0 Å². The normalized spacial score (nSPS) is 10.4. The number of hydrogen-bond donors (Lipinski definition) is 0. The van der Waals surface area contributed by atoms with Gasteiger partial charge in [-0.15, -0.1) is 0 Å². The van der Waals surface area contributed by atoms with Crippen molar-refractivity contribution in [1.82, 2.24) is 0 Å². The lowest BCUT2D eigenvalue weighted by Gasteiger charge is -2.17. The lowest BCUT2D eigenvalue weighted by atomic mass is 10.0. The molecule has 0 fully saturated rings. The quantitative estimate of drug-likeness (QED) is 0.737. The monoisotopic (exact) mass is 254 g/mol. The number of rotatable bonds is 4. The summed E-state index contributed by atoms with van der Waals surface area (Å²) in [6, 6.07) is 16.5. The van der Waals surface area contributed by atoms with Crippen LogP contribution < -0.4 is 4.43 Å². The summed E-state index contributed by atoms with van der Waals surface area (Å²) in [5.74, 6) is 0.973. The minimum Gasteiger partial charge on any atom is -0.546 e. The zero-order chi connectivity index (χ0) is 13.0. The Bertz CT molecular complexity index is 532. The highest BCUT2D eigenvalue weighted by molar-refractivity contribution is 6.49. The molecule has 0 spiro atoms. The predicted octanol–water partition coefficient (Wildman–Crippen LogP) is 4.36. The van der Waals surface area contributed by atoms with Gasteiger partial charge in [0.1, 0.15) is 5.75 Å². The zero-order valence-electron chi connectivity index (χ0n) is 10.9. The molecule has 0 aliphatic heterocycles. The van der Waals surface area contributed by atoms with E-state index in [0.29, 0.717) is 0 Å². The van der Waals surface area contributed by atoms with Crippen LogP contribution in [-0.4, -0.2) is 9.04 Å². The molecule has 0 N–H and O–H groups in total. The Morgan fingerprint density at radius 1 is 1.00 bits per heavy atom. The molecule has 0 atom stereocenters. The van der Waals surface area contributed by atoms with Crippen LogP contribution in [0, 0.1) is 0 Å². The Balaban J connectivity index is 2.56. The second kappa shape index (κ2) is 5.69. The highest BCUT2D eigenvalue weighted by atomic mass is 28.3.